The third-order valence-corrected chi connectivity index (χ3v) is 6.93. The molecule has 0 unspecified atom stereocenters. The fourth-order valence-electron chi connectivity index (χ4n) is 3.46. The van der Waals surface area contributed by atoms with Gasteiger partial charge in [0.25, 0.3) is 0 Å². The van der Waals surface area contributed by atoms with E-state index in [9.17, 15) is 13.2 Å². The minimum absolute atomic E-state index is 0.249. The lowest BCUT2D eigenvalue weighted by Gasteiger charge is -2.20. The van der Waals surface area contributed by atoms with Gasteiger partial charge in [0.1, 0.15) is 0 Å². The molecule has 0 heterocycles. The molecular weight excluding hydrogens is 404 g/mol. The van der Waals surface area contributed by atoms with Crippen LogP contribution in [0, 0.1) is 20.8 Å². The molecule has 0 saturated heterocycles. The Balaban J connectivity index is 1.98. The standard InChI is InChI=1S/C22H30N2O5S/c1-15-11-16(2)22(17(3)12-15)30(26,27)24(4)14-21(25)23-10-9-18-7-8-19(28-5)20(13-18)29-6/h7-8,11-13H,9-10,14H2,1-6H3,(H,23,25). The average Bonchev–Trinajstić information content (AvgIpc) is 2.66. The highest BCUT2D eigenvalue weighted by Gasteiger charge is 2.26. The Labute approximate surface area is 179 Å². The molecule has 0 radical (unpaired) electrons. The number of carbonyl (C=O) groups is 1. The molecule has 30 heavy (non-hydrogen) atoms. The van der Waals surface area contributed by atoms with Crippen LogP contribution in [0.1, 0.15) is 22.3 Å². The van der Waals surface area contributed by atoms with Crippen LogP contribution in [0.5, 0.6) is 11.5 Å². The van der Waals surface area contributed by atoms with E-state index in [1.165, 1.54) is 7.05 Å². The number of methoxy groups -OCH3 is 2. The highest BCUT2D eigenvalue weighted by atomic mass is 32.2. The van der Waals surface area contributed by atoms with Crippen molar-refractivity contribution >= 4 is 15.9 Å². The normalized spacial score (nSPS) is 11.4. The third kappa shape index (κ3) is 5.52. The van der Waals surface area contributed by atoms with Gasteiger partial charge in [-0.3, -0.25) is 4.79 Å². The van der Waals surface area contributed by atoms with Crippen molar-refractivity contribution in [2.45, 2.75) is 32.1 Å². The van der Waals surface area contributed by atoms with Crippen molar-refractivity contribution in [3.63, 3.8) is 0 Å². The lowest BCUT2D eigenvalue weighted by molar-refractivity contribution is -0.121. The highest BCUT2D eigenvalue weighted by Crippen LogP contribution is 2.27. The van der Waals surface area contributed by atoms with Gasteiger partial charge in [-0.05, 0) is 56.0 Å². The number of ether oxygens (including phenoxy) is 2. The molecule has 7 nitrogen and oxygen atoms in total. The zero-order chi connectivity index (χ0) is 22.5. The molecule has 164 valence electrons. The molecule has 1 N–H and O–H groups in total. The fourth-order valence-corrected chi connectivity index (χ4v) is 4.99. The van der Waals surface area contributed by atoms with E-state index < -0.39 is 10.0 Å². The Hall–Kier alpha value is -2.58. The lowest BCUT2D eigenvalue weighted by atomic mass is 10.1. The molecule has 0 aliphatic rings. The first-order valence-electron chi connectivity index (χ1n) is 9.62. The van der Waals surface area contributed by atoms with Crippen molar-refractivity contribution in [2.75, 3.05) is 34.4 Å². The summed E-state index contributed by atoms with van der Waals surface area (Å²) in [5.41, 5.74) is 3.32. The number of likely N-dealkylation sites (N-methyl/N-ethyl adjacent to an activating group) is 1. The van der Waals surface area contributed by atoms with Crippen LogP contribution in [-0.4, -0.2) is 53.0 Å². The molecule has 0 saturated carbocycles. The first-order valence-corrected chi connectivity index (χ1v) is 11.1. The van der Waals surface area contributed by atoms with Gasteiger partial charge in [-0.15, -0.1) is 0 Å². The van der Waals surface area contributed by atoms with Gasteiger partial charge in [-0.1, -0.05) is 23.8 Å². The number of aryl methyl sites for hydroxylation is 3. The second-order valence-corrected chi connectivity index (χ2v) is 9.26. The lowest BCUT2D eigenvalue weighted by Crippen LogP contribution is -2.39. The van der Waals surface area contributed by atoms with Crippen LogP contribution in [0.15, 0.2) is 35.2 Å². The summed E-state index contributed by atoms with van der Waals surface area (Å²) in [6, 6.07) is 9.22. The minimum atomic E-state index is -3.76. The van der Waals surface area contributed by atoms with E-state index >= 15 is 0 Å². The van der Waals surface area contributed by atoms with E-state index in [-0.39, 0.29) is 17.3 Å². The molecule has 1 amide bonds. The fraction of sp³-hybridized carbons (Fsp3) is 0.409. The molecule has 0 aromatic heterocycles. The predicted octanol–water partition coefficient (Wildman–Crippen LogP) is 2.61. The molecule has 8 heteroatoms. The maximum Gasteiger partial charge on any atom is 0.243 e. The van der Waals surface area contributed by atoms with Crippen LogP contribution in [0.4, 0.5) is 0 Å². The van der Waals surface area contributed by atoms with Gasteiger partial charge in [0.2, 0.25) is 15.9 Å². The molecule has 2 aromatic carbocycles. The summed E-state index contributed by atoms with van der Waals surface area (Å²) >= 11 is 0. The van der Waals surface area contributed by atoms with Gasteiger partial charge in [-0.25, -0.2) is 8.42 Å². The average molecular weight is 435 g/mol. The van der Waals surface area contributed by atoms with E-state index in [1.54, 1.807) is 28.1 Å². The second-order valence-electron chi connectivity index (χ2n) is 7.28. The van der Waals surface area contributed by atoms with E-state index in [0.29, 0.717) is 35.6 Å². The highest BCUT2D eigenvalue weighted by molar-refractivity contribution is 7.89. The summed E-state index contributed by atoms with van der Waals surface area (Å²) in [7, 11) is 0.793. The van der Waals surface area contributed by atoms with Crippen LogP contribution in [-0.2, 0) is 21.2 Å². The van der Waals surface area contributed by atoms with Crippen molar-refractivity contribution in [1.82, 2.24) is 9.62 Å². The Morgan fingerprint density at radius 2 is 1.60 bits per heavy atom. The SMILES string of the molecule is COc1ccc(CCNC(=O)CN(C)S(=O)(=O)c2c(C)cc(C)cc2C)cc1OC. The number of hydrogen-bond acceptors (Lipinski definition) is 5. The van der Waals surface area contributed by atoms with Gasteiger partial charge in [0.15, 0.2) is 11.5 Å². The van der Waals surface area contributed by atoms with E-state index in [0.717, 1.165) is 15.4 Å². The smallest absolute Gasteiger partial charge is 0.243 e. The van der Waals surface area contributed by atoms with Gasteiger partial charge in [0, 0.05) is 13.6 Å². The number of sulfonamides is 1. The molecule has 0 bridgehead atoms. The van der Waals surface area contributed by atoms with Crippen molar-refractivity contribution in [3.8, 4) is 11.5 Å². The van der Waals surface area contributed by atoms with E-state index in [4.69, 9.17) is 9.47 Å². The van der Waals surface area contributed by atoms with Gasteiger partial charge < -0.3 is 14.8 Å². The molecular formula is C22H30N2O5S. The molecule has 0 aliphatic carbocycles. The Kier molecular flexibility index (Phi) is 7.86. The maximum atomic E-state index is 13.0. The van der Waals surface area contributed by atoms with Crippen LogP contribution < -0.4 is 14.8 Å². The number of nitrogens with zero attached hydrogens (tertiary/aromatic N) is 1. The monoisotopic (exact) mass is 434 g/mol. The number of amides is 1. The van der Waals surface area contributed by atoms with E-state index in [1.807, 2.05) is 37.3 Å². The Bertz CT molecular complexity index is 995. The number of carbonyl (C=O) groups excluding carboxylic acids is 1. The molecule has 0 fully saturated rings. The van der Waals surface area contributed by atoms with Crippen LogP contribution in [0.3, 0.4) is 0 Å². The largest absolute Gasteiger partial charge is 0.493 e. The van der Waals surface area contributed by atoms with Gasteiger partial charge in [-0.2, -0.15) is 4.31 Å². The summed E-state index contributed by atoms with van der Waals surface area (Å²) < 4.78 is 37.5. The van der Waals surface area contributed by atoms with Gasteiger partial charge in [0.05, 0.1) is 25.7 Å². The van der Waals surface area contributed by atoms with Crippen molar-refractivity contribution < 1.29 is 22.7 Å². The maximum absolute atomic E-state index is 13.0. The number of hydrogen-bond donors (Lipinski definition) is 1. The van der Waals surface area contributed by atoms with Crippen molar-refractivity contribution in [1.29, 1.82) is 0 Å². The van der Waals surface area contributed by atoms with Crippen LogP contribution in [0.25, 0.3) is 0 Å². The predicted molar refractivity (Wildman–Crippen MR) is 117 cm³/mol. The topological polar surface area (TPSA) is 84.9 Å². The number of benzene rings is 2. The second kappa shape index (κ2) is 9.95. The first-order chi connectivity index (χ1) is 14.1. The Morgan fingerprint density at radius 3 is 2.17 bits per heavy atom. The Morgan fingerprint density at radius 1 is 1.00 bits per heavy atom. The number of nitrogens with one attached hydrogen (secondary N) is 1. The molecule has 0 aliphatic heterocycles. The summed E-state index contributed by atoms with van der Waals surface area (Å²) in [6.07, 6.45) is 0.582. The number of rotatable bonds is 9. The molecule has 2 rings (SSSR count). The van der Waals surface area contributed by atoms with E-state index in [2.05, 4.69) is 5.32 Å². The summed E-state index contributed by atoms with van der Waals surface area (Å²) in [5, 5.41) is 2.77. The first kappa shape index (κ1) is 23.7. The van der Waals surface area contributed by atoms with Gasteiger partial charge >= 0.3 is 0 Å². The van der Waals surface area contributed by atoms with Crippen LogP contribution >= 0.6 is 0 Å². The zero-order valence-electron chi connectivity index (χ0n) is 18.4. The van der Waals surface area contributed by atoms with Crippen molar-refractivity contribution in [2.24, 2.45) is 0 Å². The summed E-state index contributed by atoms with van der Waals surface area (Å²) in [4.78, 5) is 12.6. The van der Waals surface area contributed by atoms with Crippen LogP contribution in [0.2, 0.25) is 0 Å². The minimum Gasteiger partial charge on any atom is -0.493 e. The molecule has 0 spiro atoms. The third-order valence-electron chi connectivity index (χ3n) is 4.82. The van der Waals surface area contributed by atoms with Crippen molar-refractivity contribution in [3.05, 3.63) is 52.6 Å². The quantitative estimate of drug-likeness (QED) is 0.656. The summed E-state index contributed by atoms with van der Waals surface area (Å²) in [5.74, 6) is 0.902. The zero-order valence-corrected chi connectivity index (χ0v) is 19.2. The molecule has 2 aromatic rings. The summed E-state index contributed by atoms with van der Waals surface area (Å²) in [6.45, 7) is 5.59. The molecule has 0 atom stereocenters.